The lowest BCUT2D eigenvalue weighted by Gasteiger charge is -2.26. The number of benzene rings is 1. The Balaban J connectivity index is 1.89. The molecule has 0 saturated carbocycles. The fourth-order valence-electron chi connectivity index (χ4n) is 2.72. The van der Waals surface area contributed by atoms with E-state index in [9.17, 15) is 14.4 Å². The smallest absolute Gasteiger partial charge is 0.411 e. The van der Waals surface area contributed by atoms with Crippen molar-refractivity contribution in [2.75, 3.05) is 12.4 Å². The van der Waals surface area contributed by atoms with E-state index >= 15 is 0 Å². The molecule has 1 aliphatic rings. The van der Waals surface area contributed by atoms with Crippen molar-refractivity contribution in [1.82, 2.24) is 4.90 Å². The van der Waals surface area contributed by atoms with Crippen LogP contribution in [0.2, 0.25) is 0 Å². The Kier molecular flexibility index (Phi) is 5.81. The number of amides is 2. The Labute approximate surface area is 168 Å². The highest BCUT2D eigenvalue weighted by Crippen LogP contribution is 2.39. The van der Waals surface area contributed by atoms with Crippen LogP contribution in [0, 0.1) is 6.92 Å². The maximum absolute atomic E-state index is 12.7. The molecule has 0 aliphatic carbocycles. The van der Waals surface area contributed by atoms with Gasteiger partial charge in [-0.3, -0.25) is 9.69 Å². The number of halogens is 1. The summed E-state index contributed by atoms with van der Waals surface area (Å²) in [5, 5.41) is 3.30. The summed E-state index contributed by atoms with van der Waals surface area (Å²) in [5.74, 6) is -1.46. The zero-order chi connectivity index (χ0) is 19.6. The predicted octanol–water partition coefficient (Wildman–Crippen LogP) is 3.45. The highest BCUT2D eigenvalue weighted by molar-refractivity contribution is 9.10. The standard InChI is InChI=1S/C18H17BrN2O5S/c1-10-13(19)12-8-21(18(24)26-9-11-6-4-3-5-7-11)14(17(23)25-2)15(22)20-16(12)27-10/h3-7,14H,8-9H2,1-2H3,(H,20,22)/t14-/m1/s1. The van der Waals surface area contributed by atoms with Gasteiger partial charge in [0.25, 0.3) is 5.91 Å². The number of hydrogen-bond donors (Lipinski definition) is 1. The number of rotatable bonds is 3. The first-order valence-electron chi connectivity index (χ1n) is 8.06. The van der Waals surface area contributed by atoms with Gasteiger partial charge in [0.1, 0.15) is 11.6 Å². The molecule has 2 heterocycles. The fourth-order valence-corrected chi connectivity index (χ4v) is 4.37. The van der Waals surface area contributed by atoms with Crippen LogP contribution >= 0.6 is 27.3 Å². The molecule has 1 aromatic carbocycles. The number of anilines is 1. The molecule has 0 bridgehead atoms. The molecule has 1 aliphatic heterocycles. The van der Waals surface area contributed by atoms with Gasteiger partial charge in [-0.15, -0.1) is 11.3 Å². The summed E-state index contributed by atoms with van der Waals surface area (Å²) in [6.07, 6.45) is -0.770. The first-order chi connectivity index (χ1) is 12.9. The lowest BCUT2D eigenvalue weighted by molar-refractivity contribution is -0.150. The minimum absolute atomic E-state index is 0.0301. The number of fused-ring (bicyclic) bond motifs is 1. The average molecular weight is 453 g/mol. The SMILES string of the molecule is COC(=O)[C@H]1C(=O)Nc2sc(C)c(Br)c2CN1C(=O)OCc1ccccc1. The van der Waals surface area contributed by atoms with E-state index in [1.807, 2.05) is 37.3 Å². The molecule has 1 aromatic heterocycles. The number of carbonyl (C=O) groups excluding carboxylic acids is 3. The summed E-state index contributed by atoms with van der Waals surface area (Å²) in [7, 11) is 1.17. The number of carbonyl (C=O) groups is 3. The van der Waals surface area contributed by atoms with Crippen LogP contribution in [0.5, 0.6) is 0 Å². The third kappa shape index (κ3) is 3.98. The highest BCUT2D eigenvalue weighted by atomic mass is 79.9. The van der Waals surface area contributed by atoms with E-state index in [2.05, 4.69) is 21.2 Å². The minimum atomic E-state index is -1.43. The van der Waals surface area contributed by atoms with E-state index in [1.165, 1.54) is 18.4 Å². The molecule has 1 atom stereocenters. The maximum atomic E-state index is 12.7. The minimum Gasteiger partial charge on any atom is -0.467 e. The third-order valence-corrected chi connectivity index (χ3v) is 6.49. The van der Waals surface area contributed by atoms with Crippen molar-refractivity contribution < 1.29 is 23.9 Å². The Bertz CT molecular complexity index is 883. The molecular weight excluding hydrogens is 436 g/mol. The normalized spacial score (nSPS) is 16.2. The quantitative estimate of drug-likeness (QED) is 0.569. The first-order valence-corrected chi connectivity index (χ1v) is 9.67. The Morgan fingerprint density at radius 3 is 2.70 bits per heavy atom. The predicted molar refractivity (Wildman–Crippen MR) is 103 cm³/mol. The van der Waals surface area contributed by atoms with Gasteiger partial charge in [-0.05, 0) is 28.4 Å². The van der Waals surface area contributed by atoms with E-state index in [-0.39, 0.29) is 13.2 Å². The summed E-state index contributed by atoms with van der Waals surface area (Å²) in [6, 6.07) is 7.73. The Morgan fingerprint density at radius 1 is 1.33 bits per heavy atom. The lowest BCUT2D eigenvalue weighted by Crippen LogP contribution is -2.50. The van der Waals surface area contributed by atoms with Crippen molar-refractivity contribution in [2.45, 2.75) is 26.1 Å². The van der Waals surface area contributed by atoms with Gasteiger partial charge >= 0.3 is 12.1 Å². The van der Waals surface area contributed by atoms with Crippen molar-refractivity contribution in [3.63, 3.8) is 0 Å². The molecule has 0 saturated heterocycles. The van der Waals surface area contributed by atoms with Gasteiger partial charge in [0.05, 0.1) is 13.7 Å². The molecule has 3 rings (SSSR count). The van der Waals surface area contributed by atoms with Crippen molar-refractivity contribution in [2.24, 2.45) is 0 Å². The summed E-state index contributed by atoms with van der Waals surface area (Å²) in [5.41, 5.74) is 1.52. The Hall–Kier alpha value is -2.39. The van der Waals surface area contributed by atoms with Crippen LogP contribution in [-0.2, 0) is 32.2 Å². The molecule has 1 N–H and O–H groups in total. The number of nitrogens with one attached hydrogen (secondary N) is 1. The van der Waals surface area contributed by atoms with Gasteiger partial charge in [-0.25, -0.2) is 9.59 Å². The molecule has 142 valence electrons. The van der Waals surface area contributed by atoms with Gasteiger partial charge in [0.15, 0.2) is 0 Å². The number of thiophene rings is 1. The van der Waals surface area contributed by atoms with Crippen molar-refractivity contribution in [3.8, 4) is 0 Å². The van der Waals surface area contributed by atoms with E-state index < -0.39 is 24.0 Å². The topological polar surface area (TPSA) is 84.9 Å². The lowest BCUT2D eigenvalue weighted by atomic mass is 10.2. The monoisotopic (exact) mass is 452 g/mol. The Morgan fingerprint density at radius 2 is 2.04 bits per heavy atom. The zero-order valence-corrected chi connectivity index (χ0v) is 17.1. The molecule has 7 nitrogen and oxygen atoms in total. The van der Waals surface area contributed by atoms with Gasteiger partial charge < -0.3 is 14.8 Å². The number of hydrogen-bond acceptors (Lipinski definition) is 6. The van der Waals surface area contributed by atoms with E-state index in [4.69, 9.17) is 9.47 Å². The zero-order valence-electron chi connectivity index (χ0n) is 14.7. The summed E-state index contributed by atoms with van der Waals surface area (Å²) >= 11 is 4.85. The van der Waals surface area contributed by atoms with Crippen LogP contribution in [-0.4, -0.2) is 36.0 Å². The largest absolute Gasteiger partial charge is 0.467 e. The van der Waals surface area contributed by atoms with Gasteiger partial charge in [0.2, 0.25) is 6.04 Å². The second-order valence-corrected chi connectivity index (χ2v) is 7.88. The second-order valence-electron chi connectivity index (χ2n) is 5.86. The fraction of sp³-hybridized carbons (Fsp3) is 0.278. The third-order valence-electron chi connectivity index (χ3n) is 4.09. The maximum Gasteiger partial charge on any atom is 0.411 e. The first kappa shape index (κ1) is 19.4. The van der Waals surface area contributed by atoms with E-state index in [0.717, 1.165) is 19.8 Å². The number of ether oxygens (including phenoxy) is 2. The summed E-state index contributed by atoms with van der Waals surface area (Å²) in [4.78, 5) is 39.6. The van der Waals surface area contributed by atoms with Crippen LogP contribution in [0.1, 0.15) is 16.0 Å². The van der Waals surface area contributed by atoms with Gasteiger partial charge in [-0.1, -0.05) is 30.3 Å². The highest BCUT2D eigenvalue weighted by Gasteiger charge is 2.41. The number of nitrogens with zero attached hydrogens (tertiary/aromatic N) is 1. The van der Waals surface area contributed by atoms with Crippen LogP contribution in [0.4, 0.5) is 9.80 Å². The molecule has 0 fully saturated rings. The van der Waals surface area contributed by atoms with E-state index in [1.54, 1.807) is 0 Å². The second kappa shape index (κ2) is 8.10. The molecule has 0 unspecified atom stereocenters. The van der Waals surface area contributed by atoms with Gasteiger partial charge in [-0.2, -0.15) is 0 Å². The molecular formula is C18H17BrN2O5S. The molecule has 27 heavy (non-hydrogen) atoms. The van der Waals surface area contributed by atoms with Crippen molar-refractivity contribution >= 4 is 50.2 Å². The van der Waals surface area contributed by atoms with Crippen LogP contribution in [0.3, 0.4) is 0 Å². The van der Waals surface area contributed by atoms with Crippen LogP contribution in [0.15, 0.2) is 34.8 Å². The van der Waals surface area contributed by atoms with Crippen LogP contribution in [0.25, 0.3) is 0 Å². The van der Waals surface area contributed by atoms with Crippen LogP contribution < -0.4 is 5.32 Å². The average Bonchev–Trinajstić information content (AvgIpc) is 2.84. The molecule has 2 amide bonds. The van der Waals surface area contributed by atoms with Gasteiger partial charge in [0, 0.05) is 14.9 Å². The number of esters is 1. The summed E-state index contributed by atoms with van der Waals surface area (Å²) in [6.45, 7) is 1.96. The van der Waals surface area contributed by atoms with E-state index in [0.29, 0.717) is 10.6 Å². The van der Waals surface area contributed by atoms with Crippen molar-refractivity contribution in [3.05, 3.63) is 50.8 Å². The summed E-state index contributed by atoms with van der Waals surface area (Å²) < 4.78 is 10.9. The molecule has 0 spiro atoms. The number of aryl methyl sites for hydroxylation is 1. The van der Waals surface area contributed by atoms with Crippen molar-refractivity contribution in [1.29, 1.82) is 0 Å². The molecule has 2 aromatic rings. The number of methoxy groups -OCH3 is 1. The molecule has 0 radical (unpaired) electrons. The molecule has 9 heteroatoms.